The molecule has 2 aliphatic heterocycles. The van der Waals surface area contributed by atoms with Crippen LogP contribution in [0.15, 0.2) is 36.7 Å². The lowest BCUT2D eigenvalue weighted by Gasteiger charge is -2.44. The molecule has 0 bridgehead atoms. The van der Waals surface area contributed by atoms with Crippen LogP contribution in [-0.4, -0.2) is 44.7 Å². The largest absolute Gasteiger partial charge is 0.484 e. The maximum absolute atomic E-state index is 14.5. The second-order valence-electron chi connectivity index (χ2n) is 7.75. The Morgan fingerprint density at radius 2 is 1.92 bits per heavy atom. The highest BCUT2D eigenvalue weighted by molar-refractivity contribution is 5.86. The molecule has 1 aromatic heterocycles. The molecule has 2 aromatic rings. The zero-order valence-electron chi connectivity index (χ0n) is 14.7. The molecule has 0 atom stereocenters. The number of aromatic nitrogens is 2. The summed E-state index contributed by atoms with van der Waals surface area (Å²) in [6.45, 7) is 1.07. The third-order valence-corrected chi connectivity index (χ3v) is 6.14. The number of rotatable bonds is 1. The van der Waals surface area contributed by atoms with E-state index in [1.807, 2.05) is 36.7 Å². The predicted molar refractivity (Wildman–Crippen MR) is 94.1 cm³/mol. The molecule has 3 heterocycles. The fraction of sp³-hybridized carbons (Fsp3) is 0.500. The van der Waals surface area contributed by atoms with E-state index >= 15 is 0 Å². The summed E-state index contributed by atoms with van der Waals surface area (Å²) < 4.78 is 23.1. The summed E-state index contributed by atoms with van der Waals surface area (Å²) in [7, 11) is 0. The highest BCUT2D eigenvalue weighted by Gasteiger charge is 2.49. The third kappa shape index (κ3) is 2.35. The SMILES string of the molecule is O=C(N1CCC2(CC1)Cc1nccn1-c1ccccc1O2)C1(F)CCC1. The Morgan fingerprint density at radius 3 is 2.65 bits per heavy atom. The van der Waals surface area contributed by atoms with Gasteiger partial charge in [0.25, 0.3) is 5.91 Å². The molecule has 1 saturated carbocycles. The Labute approximate surface area is 151 Å². The van der Waals surface area contributed by atoms with Crippen LogP contribution in [0.4, 0.5) is 4.39 Å². The van der Waals surface area contributed by atoms with Gasteiger partial charge in [0.2, 0.25) is 0 Å². The first kappa shape index (κ1) is 15.9. The number of likely N-dealkylation sites (tertiary alicyclic amines) is 1. The van der Waals surface area contributed by atoms with Crippen molar-refractivity contribution in [1.82, 2.24) is 14.5 Å². The lowest BCUT2D eigenvalue weighted by molar-refractivity contribution is -0.153. The second kappa shape index (κ2) is 5.56. The molecular weight excluding hydrogens is 333 g/mol. The molecule has 1 saturated heterocycles. The lowest BCUT2D eigenvalue weighted by Crippen LogP contribution is -2.56. The van der Waals surface area contributed by atoms with Gasteiger partial charge in [0, 0.05) is 44.7 Å². The van der Waals surface area contributed by atoms with E-state index < -0.39 is 11.3 Å². The number of carbonyl (C=O) groups is 1. The van der Waals surface area contributed by atoms with Crippen molar-refractivity contribution in [3.63, 3.8) is 0 Å². The van der Waals surface area contributed by atoms with Crippen molar-refractivity contribution in [1.29, 1.82) is 0 Å². The fourth-order valence-corrected chi connectivity index (χ4v) is 4.36. The van der Waals surface area contributed by atoms with Crippen molar-refractivity contribution >= 4 is 5.91 Å². The Morgan fingerprint density at radius 1 is 1.15 bits per heavy atom. The maximum atomic E-state index is 14.5. The van der Waals surface area contributed by atoms with Crippen LogP contribution in [0.25, 0.3) is 5.69 Å². The molecular formula is C20H22FN3O2. The predicted octanol–water partition coefficient (Wildman–Crippen LogP) is 3.06. The number of para-hydroxylation sites is 2. The monoisotopic (exact) mass is 355 g/mol. The van der Waals surface area contributed by atoms with Crippen LogP contribution in [0.2, 0.25) is 0 Å². The van der Waals surface area contributed by atoms with Gasteiger partial charge in [0.15, 0.2) is 5.67 Å². The minimum atomic E-state index is -1.61. The van der Waals surface area contributed by atoms with E-state index in [0.717, 1.165) is 23.7 Å². The molecule has 26 heavy (non-hydrogen) atoms. The number of carbonyl (C=O) groups excluding carboxylic acids is 1. The summed E-state index contributed by atoms with van der Waals surface area (Å²) in [4.78, 5) is 18.7. The summed E-state index contributed by atoms with van der Waals surface area (Å²) in [5, 5.41) is 0. The molecule has 5 nitrogen and oxygen atoms in total. The number of fused-ring (bicyclic) bond motifs is 3. The number of ether oxygens (including phenoxy) is 1. The summed E-state index contributed by atoms with van der Waals surface area (Å²) in [5.74, 6) is 1.48. The van der Waals surface area contributed by atoms with Crippen molar-refractivity contribution in [3.05, 3.63) is 42.5 Å². The number of hydrogen-bond acceptors (Lipinski definition) is 3. The van der Waals surface area contributed by atoms with Crippen LogP contribution < -0.4 is 4.74 Å². The molecule has 1 amide bonds. The number of hydrogen-bond donors (Lipinski definition) is 0. The van der Waals surface area contributed by atoms with Gasteiger partial charge in [-0.15, -0.1) is 0 Å². The number of amides is 1. The number of alkyl halides is 1. The Bertz CT molecular complexity index is 850. The summed E-state index contributed by atoms with van der Waals surface area (Å²) in [5.41, 5.74) is -1.01. The van der Waals surface area contributed by atoms with E-state index in [9.17, 15) is 9.18 Å². The number of nitrogens with zero attached hydrogens (tertiary/aromatic N) is 3. The van der Waals surface area contributed by atoms with Crippen molar-refractivity contribution in [2.45, 2.75) is 49.8 Å². The molecule has 136 valence electrons. The van der Waals surface area contributed by atoms with Crippen LogP contribution in [0.5, 0.6) is 5.75 Å². The summed E-state index contributed by atoms with van der Waals surface area (Å²) in [6, 6.07) is 7.97. The number of imidazole rings is 1. The van der Waals surface area contributed by atoms with E-state index in [2.05, 4.69) is 9.55 Å². The average molecular weight is 355 g/mol. The van der Waals surface area contributed by atoms with Crippen LogP contribution in [0, 0.1) is 0 Å². The van der Waals surface area contributed by atoms with E-state index in [1.165, 1.54) is 0 Å². The molecule has 1 aliphatic carbocycles. The molecule has 2 fully saturated rings. The van der Waals surface area contributed by atoms with Gasteiger partial charge in [0.1, 0.15) is 17.2 Å². The van der Waals surface area contributed by atoms with E-state index in [1.54, 1.807) is 4.90 Å². The molecule has 0 radical (unpaired) electrons. The summed E-state index contributed by atoms with van der Waals surface area (Å²) >= 11 is 0. The minimum Gasteiger partial charge on any atom is -0.484 e. The molecule has 6 heteroatoms. The van der Waals surface area contributed by atoms with Gasteiger partial charge in [-0.05, 0) is 31.4 Å². The van der Waals surface area contributed by atoms with Gasteiger partial charge in [-0.1, -0.05) is 12.1 Å². The standard InChI is InChI=1S/C20H22FN3O2/c21-20(6-3-7-20)18(25)23-11-8-19(9-12-23)14-17-22-10-13-24(17)15-4-1-2-5-16(15)26-19/h1-2,4-5,10,13H,3,6-9,11-12,14H2. The van der Waals surface area contributed by atoms with Crippen molar-refractivity contribution < 1.29 is 13.9 Å². The number of halogens is 1. The van der Waals surface area contributed by atoms with Gasteiger partial charge < -0.3 is 14.2 Å². The zero-order valence-corrected chi connectivity index (χ0v) is 14.7. The van der Waals surface area contributed by atoms with Crippen LogP contribution >= 0.6 is 0 Å². The first-order valence-corrected chi connectivity index (χ1v) is 9.38. The summed E-state index contributed by atoms with van der Waals surface area (Å²) in [6.07, 6.45) is 7.39. The van der Waals surface area contributed by atoms with Crippen molar-refractivity contribution in [3.8, 4) is 11.4 Å². The van der Waals surface area contributed by atoms with Gasteiger partial charge >= 0.3 is 0 Å². The highest BCUT2D eigenvalue weighted by Crippen LogP contribution is 2.41. The van der Waals surface area contributed by atoms with E-state index in [-0.39, 0.29) is 5.91 Å². The van der Waals surface area contributed by atoms with Crippen LogP contribution in [0.3, 0.4) is 0 Å². The van der Waals surface area contributed by atoms with Gasteiger partial charge in [-0.3, -0.25) is 4.79 Å². The van der Waals surface area contributed by atoms with E-state index in [0.29, 0.717) is 45.2 Å². The zero-order chi connectivity index (χ0) is 17.8. The topological polar surface area (TPSA) is 47.4 Å². The normalized spacial score (nSPS) is 22.6. The molecule has 1 spiro atoms. The maximum Gasteiger partial charge on any atom is 0.260 e. The second-order valence-corrected chi connectivity index (χ2v) is 7.75. The minimum absolute atomic E-state index is 0.325. The Kier molecular flexibility index (Phi) is 3.39. The Hall–Kier alpha value is -2.37. The number of benzene rings is 1. The third-order valence-electron chi connectivity index (χ3n) is 6.14. The van der Waals surface area contributed by atoms with Crippen molar-refractivity contribution in [2.24, 2.45) is 0 Å². The average Bonchev–Trinajstić information content (AvgIpc) is 3.03. The van der Waals surface area contributed by atoms with Gasteiger partial charge in [-0.2, -0.15) is 0 Å². The Balaban J connectivity index is 1.41. The van der Waals surface area contributed by atoms with Crippen LogP contribution in [0.1, 0.15) is 37.9 Å². The highest BCUT2D eigenvalue weighted by atomic mass is 19.1. The molecule has 3 aliphatic rings. The smallest absolute Gasteiger partial charge is 0.260 e. The lowest BCUT2D eigenvalue weighted by atomic mass is 9.79. The van der Waals surface area contributed by atoms with E-state index in [4.69, 9.17) is 4.74 Å². The fourth-order valence-electron chi connectivity index (χ4n) is 4.36. The first-order valence-electron chi connectivity index (χ1n) is 9.38. The molecule has 1 aromatic carbocycles. The number of piperidine rings is 1. The molecule has 5 rings (SSSR count). The van der Waals surface area contributed by atoms with Crippen LogP contribution in [-0.2, 0) is 11.2 Å². The van der Waals surface area contributed by atoms with Gasteiger partial charge in [-0.25, -0.2) is 9.37 Å². The molecule has 0 N–H and O–H groups in total. The van der Waals surface area contributed by atoms with Crippen molar-refractivity contribution in [2.75, 3.05) is 13.1 Å². The quantitative estimate of drug-likeness (QED) is 0.790. The van der Waals surface area contributed by atoms with Gasteiger partial charge in [0.05, 0.1) is 5.69 Å². The first-order chi connectivity index (χ1) is 12.6. The molecule has 0 unspecified atom stereocenters.